The molecule has 0 aliphatic heterocycles. The van der Waals surface area contributed by atoms with Gasteiger partial charge in [-0.3, -0.25) is 4.79 Å². The zero-order valence-corrected chi connectivity index (χ0v) is 13.4. The van der Waals surface area contributed by atoms with Gasteiger partial charge in [-0.1, -0.05) is 51.2 Å². The topological polar surface area (TPSA) is 26.3 Å². The van der Waals surface area contributed by atoms with Crippen LogP contribution in [0.15, 0.2) is 24.5 Å². The Labute approximate surface area is 125 Å². The first kappa shape index (κ1) is 18.9. The number of carbonyl (C=O) groups is 1. The lowest BCUT2D eigenvalue weighted by Gasteiger charge is -1.98. The Kier molecular flexibility index (Phi) is 15.2. The predicted molar refractivity (Wildman–Crippen MR) is 86.5 cm³/mol. The SMILES string of the molecule is CCCCCCCCC=CCCCCC=COC(C)=O. The average Bonchev–Trinajstić information content (AvgIpc) is 2.43. The summed E-state index contributed by atoms with van der Waals surface area (Å²) in [5.74, 6) is -0.251. The summed E-state index contributed by atoms with van der Waals surface area (Å²) < 4.78 is 4.72. The molecule has 116 valence electrons. The first-order chi connectivity index (χ1) is 9.77. The minimum atomic E-state index is -0.251. The number of hydrogen-bond acceptors (Lipinski definition) is 2. The van der Waals surface area contributed by atoms with E-state index in [1.807, 2.05) is 6.08 Å². The summed E-state index contributed by atoms with van der Waals surface area (Å²) in [5, 5.41) is 0. The molecule has 20 heavy (non-hydrogen) atoms. The Bertz CT molecular complexity index is 267. The van der Waals surface area contributed by atoms with Gasteiger partial charge in [-0.2, -0.15) is 0 Å². The molecule has 0 fully saturated rings. The third kappa shape index (κ3) is 16.9. The minimum Gasteiger partial charge on any atom is -0.435 e. The second-order valence-electron chi connectivity index (χ2n) is 5.29. The van der Waals surface area contributed by atoms with Crippen molar-refractivity contribution in [1.82, 2.24) is 0 Å². The first-order valence-corrected chi connectivity index (χ1v) is 8.24. The Balaban J connectivity index is 3.16. The lowest BCUT2D eigenvalue weighted by Crippen LogP contribution is -1.89. The Morgan fingerprint density at radius 3 is 1.90 bits per heavy atom. The van der Waals surface area contributed by atoms with Crippen LogP contribution in [0.2, 0.25) is 0 Å². The van der Waals surface area contributed by atoms with Crippen LogP contribution in [0, 0.1) is 0 Å². The van der Waals surface area contributed by atoms with Gasteiger partial charge in [-0.05, 0) is 44.6 Å². The van der Waals surface area contributed by atoms with Crippen LogP contribution < -0.4 is 0 Å². The predicted octanol–water partition coefficient (Wildman–Crippen LogP) is 5.93. The van der Waals surface area contributed by atoms with E-state index in [9.17, 15) is 4.79 Å². The van der Waals surface area contributed by atoms with E-state index in [0.29, 0.717) is 0 Å². The molecule has 0 heterocycles. The van der Waals surface area contributed by atoms with Gasteiger partial charge in [0.05, 0.1) is 6.26 Å². The standard InChI is InChI=1S/C18H32O2/c1-3-4-5-6-7-8-9-10-11-12-13-14-15-16-17-20-18(2)19/h10-11,16-17H,3-9,12-15H2,1-2H3. The van der Waals surface area contributed by atoms with Gasteiger partial charge in [0.2, 0.25) is 0 Å². The Morgan fingerprint density at radius 2 is 1.30 bits per heavy atom. The molecule has 0 unspecified atom stereocenters. The molecule has 2 nitrogen and oxygen atoms in total. The van der Waals surface area contributed by atoms with E-state index in [1.165, 1.54) is 64.6 Å². The Hall–Kier alpha value is -1.05. The summed E-state index contributed by atoms with van der Waals surface area (Å²) >= 11 is 0. The van der Waals surface area contributed by atoms with Gasteiger partial charge in [0.1, 0.15) is 0 Å². The van der Waals surface area contributed by atoms with E-state index in [2.05, 4.69) is 19.1 Å². The van der Waals surface area contributed by atoms with Gasteiger partial charge in [0.15, 0.2) is 0 Å². The summed E-state index contributed by atoms with van der Waals surface area (Å²) in [7, 11) is 0. The van der Waals surface area contributed by atoms with Crippen LogP contribution in [0.4, 0.5) is 0 Å². The van der Waals surface area contributed by atoms with Crippen LogP contribution in [-0.4, -0.2) is 5.97 Å². The zero-order chi connectivity index (χ0) is 14.9. The van der Waals surface area contributed by atoms with Crippen LogP contribution in [-0.2, 0) is 9.53 Å². The minimum absolute atomic E-state index is 0.251. The number of hydrogen-bond donors (Lipinski definition) is 0. The zero-order valence-electron chi connectivity index (χ0n) is 13.4. The molecule has 0 radical (unpaired) electrons. The monoisotopic (exact) mass is 280 g/mol. The second kappa shape index (κ2) is 16.0. The van der Waals surface area contributed by atoms with Crippen LogP contribution in [0.3, 0.4) is 0 Å². The molecule has 0 N–H and O–H groups in total. The van der Waals surface area contributed by atoms with Crippen molar-refractivity contribution in [3.05, 3.63) is 24.5 Å². The van der Waals surface area contributed by atoms with Gasteiger partial charge in [-0.25, -0.2) is 0 Å². The van der Waals surface area contributed by atoms with Crippen LogP contribution in [0.5, 0.6) is 0 Å². The summed E-state index contributed by atoms with van der Waals surface area (Å²) in [6.07, 6.45) is 22.0. The number of carbonyl (C=O) groups excluding carboxylic acids is 1. The van der Waals surface area contributed by atoms with Crippen molar-refractivity contribution in [2.75, 3.05) is 0 Å². The van der Waals surface area contributed by atoms with E-state index < -0.39 is 0 Å². The number of ether oxygens (including phenoxy) is 1. The molecular formula is C18H32O2. The molecule has 2 heteroatoms. The second-order valence-corrected chi connectivity index (χ2v) is 5.29. The van der Waals surface area contributed by atoms with E-state index in [-0.39, 0.29) is 5.97 Å². The molecule has 0 saturated heterocycles. The molecule has 0 atom stereocenters. The number of esters is 1. The van der Waals surface area contributed by atoms with Gasteiger partial charge in [0.25, 0.3) is 0 Å². The van der Waals surface area contributed by atoms with Gasteiger partial charge in [-0.15, -0.1) is 0 Å². The molecule has 0 aromatic rings. The first-order valence-electron chi connectivity index (χ1n) is 8.24. The quantitative estimate of drug-likeness (QED) is 0.181. The molecule has 0 rings (SSSR count). The van der Waals surface area contributed by atoms with Crippen molar-refractivity contribution < 1.29 is 9.53 Å². The fraction of sp³-hybridized carbons (Fsp3) is 0.722. The fourth-order valence-corrected chi connectivity index (χ4v) is 2.01. The molecule has 0 amide bonds. The largest absolute Gasteiger partial charge is 0.435 e. The highest BCUT2D eigenvalue weighted by Gasteiger charge is 1.89. The van der Waals surface area contributed by atoms with Crippen molar-refractivity contribution in [2.45, 2.75) is 84.5 Å². The number of allylic oxidation sites excluding steroid dienone is 3. The van der Waals surface area contributed by atoms with Crippen molar-refractivity contribution in [1.29, 1.82) is 0 Å². The smallest absolute Gasteiger partial charge is 0.307 e. The molecule has 0 bridgehead atoms. The van der Waals surface area contributed by atoms with Crippen molar-refractivity contribution in [2.24, 2.45) is 0 Å². The molecule has 0 aromatic carbocycles. The van der Waals surface area contributed by atoms with Crippen molar-refractivity contribution >= 4 is 5.97 Å². The van der Waals surface area contributed by atoms with Crippen LogP contribution in [0.25, 0.3) is 0 Å². The van der Waals surface area contributed by atoms with Gasteiger partial charge < -0.3 is 4.74 Å². The average molecular weight is 280 g/mol. The maximum Gasteiger partial charge on any atom is 0.307 e. The summed E-state index contributed by atoms with van der Waals surface area (Å²) in [5.41, 5.74) is 0. The normalized spacial score (nSPS) is 11.5. The summed E-state index contributed by atoms with van der Waals surface area (Å²) in [4.78, 5) is 10.5. The highest BCUT2D eigenvalue weighted by atomic mass is 16.5. The summed E-state index contributed by atoms with van der Waals surface area (Å²) in [6.45, 7) is 3.67. The summed E-state index contributed by atoms with van der Waals surface area (Å²) in [6, 6.07) is 0. The maximum absolute atomic E-state index is 10.5. The lowest BCUT2D eigenvalue weighted by atomic mass is 10.1. The number of unbranched alkanes of at least 4 members (excludes halogenated alkanes) is 9. The fourth-order valence-electron chi connectivity index (χ4n) is 2.01. The van der Waals surface area contributed by atoms with Gasteiger partial charge >= 0.3 is 5.97 Å². The highest BCUT2D eigenvalue weighted by molar-refractivity contribution is 5.66. The Morgan fingerprint density at radius 1 is 0.800 bits per heavy atom. The third-order valence-electron chi connectivity index (χ3n) is 3.21. The van der Waals surface area contributed by atoms with Gasteiger partial charge in [0, 0.05) is 6.92 Å². The third-order valence-corrected chi connectivity index (χ3v) is 3.21. The molecule has 0 aromatic heterocycles. The molecule has 0 aliphatic carbocycles. The van der Waals surface area contributed by atoms with E-state index in [4.69, 9.17) is 4.74 Å². The van der Waals surface area contributed by atoms with E-state index in [0.717, 1.165) is 19.3 Å². The van der Waals surface area contributed by atoms with Crippen LogP contribution in [0.1, 0.15) is 84.5 Å². The molecular weight excluding hydrogens is 248 g/mol. The van der Waals surface area contributed by atoms with Crippen molar-refractivity contribution in [3.8, 4) is 0 Å². The van der Waals surface area contributed by atoms with E-state index >= 15 is 0 Å². The highest BCUT2D eigenvalue weighted by Crippen LogP contribution is 2.08. The van der Waals surface area contributed by atoms with Crippen LogP contribution >= 0.6 is 0 Å². The van der Waals surface area contributed by atoms with E-state index in [1.54, 1.807) is 0 Å². The molecule has 0 saturated carbocycles. The maximum atomic E-state index is 10.5. The lowest BCUT2D eigenvalue weighted by molar-refractivity contribution is -0.135. The molecule has 0 spiro atoms. The molecule has 0 aliphatic rings. The van der Waals surface area contributed by atoms with Crippen molar-refractivity contribution in [3.63, 3.8) is 0 Å². The number of rotatable bonds is 13.